The van der Waals surface area contributed by atoms with Gasteiger partial charge in [0, 0.05) is 33.6 Å². The standard InChI is InChI=1S/C28H35ClO13/c1-11-8-9-17(38-13(3)30)26(7)20(24(41-16(6)33)28(36)12(2)25(35)42-22(28)18(11)29)27(10-37-27)21(34)19(39-14(4)31)23(26)40-15(5)32/h8-9,12,17-24,34,36H,1,10H2,2-7H3/b9-8-/t12-,17-,18-,19-,20+,21+,22-,23-,24-,26+,27-,28-/m0/s1. The summed E-state index contributed by atoms with van der Waals surface area (Å²) in [6.07, 6.45) is -6.67. The Bertz CT molecular complexity index is 1230. The number of halogens is 1. The van der Waals surface area contributed by atoms with Gasteiger partial charge in [-0.3, -0.25) is 24.0 Å². The Morgan fingerprint density at radius 2 is 1.52 bits per heavy atom. The van der Waals surface area contributed by atoms with Crippen LogP contribution in [0, 0.1) is 17.3 Å². The van der Waals surface area contributed by atoms with Crippen LogP contribution in [0.25, 0.3) is 0 Å². The van der Waals surface area contributed by atoms with Crippen LogP contribution >= 0.6 is 11.6 Å². The summed E-state index contributed by atoms with van der Waals surface area (Å²) in [5, 5.41) is 23.0. The molecule has 13 nitrogen and oxygen atoms in total. The predicted molar refractivity (Wildman–Crippen MR) is 140 cm³/mol. The number of alkyl halides is 1. The fourth-order valence-electron chi connectivity index (χ4n) is 6.85. The van der Waals surface area contributed by atoms with Crippen molar-refractivity contribution in [2.45, 2.75) is 94.7 Å². The van der Waals surface area contributed by atoms with Crippen molar-refractivity contribution in [2.75, 3.05) is 6.61 Å². The molecule has 12 atom stereocenters. The van der Waals surface area contributed by atoms with E-state index in [4.69, 9.17) is 40.0 Å². The van der Waals surface area contributed by atoms with E-state index in [1.807, 2.05) is 0 Å². The molecule has 2 N–H and O–H groups in total. The zero-order chi connectivity index (χ0) is 31.5. The van der Waals surface area contributed by atoms with Gasteiger partial charge in [0.25, 0.3) is 0 Å². The number of hydrogen-bond acceptors (Lipinski definition) is 13. The van der Waals surface area contributed by atoms with Crippen molar-refractivity contribution >= 4 is 41.4 Å². The minimum absolute atomic E-state index is 0.136. The Hall–Kier alpha value is -3.00. The Labute approximate surface area is 247 Å². The molecule has 14 heteroatoms. The molecular formula is C28H35ClO13. The van der Waals surface area contributed by atoms with Crippen LogP contribution in [-0.4, -0.2) is 99.9 Å². The molecule has 0 unspecified atom stereocenters. The lowest BCUT2D eigenvalue weighted by Gasteiger charge is -2.59. The molecule has 4 rings (SSSR count). The molecule has 1 spiro atoms. The Kier molecular flexibility index (Phi) is 8.31. The van der Waals surface area contributed by atoms with Gasteiger partial charge in [-0.1, -0.05) is 19.6 Å². The van der Waals surface area contributed by atoms with E-state index in [-0.39, 0.29) is 12.2 Å². The molecular weight excluding hydrogens is 580 g/mol. The molecule has 1 saturated carbocycles. The van der Waals surface area contributed by atoms with E-state index in [1.165, 1.54) is 26.0 Å². The van der Waals surface area contributed by atoms with Crippen LogP contribution in [0.3, 0.4) is 0 Å². The van der Waals surface area contributed by atoms with Gasteiger partial charge in [0.15, 0.2) is 23.9 Å². The summed E-state index contributed by atoms with van der Waals surface area (Å²) in [6, 6.07) is 0. The van der Waals surface area contributed by atoms with Crippen LogP contribution in [0.5, 0.6) is 0 Å². The molecule has 0 radical (unpaired) electrons. The molecule has 3 fully saturated rings. The van der Waals surface area contributed by atoms with Gasteiger partial charge in [0.05, 0.1) is 23.3 Å². The normalized spacial score (nSPS) is 45.0. The van der Waals surface area contributed by atoms with Crippen LogP contribution in [0.15, 0.2) is 24.3 Å². The maximum absolute atomic E-state index is 13.0. The summed E-state index contributed by atoms with van der Waals surface area (Å²) in [6.45, 7) is 11.0. The zero-order valence-electron chi connectivity index (χ0n) is 24.0. The highest BCUT2D eigenvalue weighted by Crippen LogP contribution is 2.62. The van der Waals surface area contributed by atoms with Gasteiger partial charge in [0.2, 0.25) is 0 Å². The molecule has 2 aliphatic carbocycles. The number of fused-ring (bicyclic) bond motifs is 3. The Balaban J connectivity index is 2.13. The number of epoxide rings is 1. The van der Waals surface area contributed by atoms with Crippen molar-refractivity contribution in [1.82, 2.24) is 0 Å². The first-order chi connectivity index (χ1) is 19.4. The highest BCUT2D eigenvalue weighted by molar-refractivity contribution is 6.23. The lowest BCUT2D eigenvalue weighted by atomic mass is 9.51. The van der Waals surface area contributed by atoms with Crippen molar-refractivity contribution in [3.05, 3.63) is 24.3 Å². The second-order valence-electron chi connectivity index (χ2n) is 11.5. The lowest BCUT2D eigenvalue weighted by Crippen LogP contribution is -2.76. The molecule has 2 aliphatic heterocycles. The number of carbonyl (C=O) groups excluding carboxylic acids is 5. The fourth-order valence-corrected chi connectivity index (χ4v) is 7.17. The largest absolute Gasteiger partial charge is 0.459 e. The highest BCUT2D eigenvalue weighted by atomic mass is 35.5. The summed E-state index contributed by atoms with van der Waals surface area (Å²) in [7, 11) is 0. The average Bonchev–Trinajstić information content (AvgIpc) is 3.64. The minimum Gasteiger partial charge on any atom is -0.459 e. The van der Waals surface area contributed by atoms with E-state index >= 15 is 0 Å². The first-order valence-electron chi connectivity index (χ1n) is 13.4. The summed E-state index contributed by atoms with van der Waals surface area (Å²) in [4.78, 5) is 62.9. The maximum Gasteiger partial charge on any atom is 0.312 e. The molecule has 232 valence electrons. The van der Waals surface area contributed by atoms with Crippen molar-refractivity contribution < 1.29 is 62.6 Å². The number of esters is 5. The van der Waals surface area contributed by atoms with Crippen molar-refractivity contribution in [3.63, 3.8) is 0 Å². The molecule has 0 bridgehead atoms. The van der Waals surface area contributed by atoms with Gasteiger partial charge in [-0.15, -0.1) is 11.6 Å². The second-order valence-corrected chi connectivity index (χ2v) is 12.0. The predicted octanol–water partition coefficient (Wildman–Crippen LogP) is 0.505. The summed E-state index contributed by atoms with van der Waals surface area (Å²) >= 11 is 6.71. The molecule has 2 saturated heterocycles. The zero-order valence-corrected chi connectivity index (χ0v) is 24.8. The number of aliphatic hydroxyl groups is 2. The summed E-state index contributed by atoms with van der Waals surface area (Å²) in [5.41, 5.74) is -5.74. The van der Waals surface area contributed by atoms with Gasteiger partial charge in [-0.25, -0.2) is 0 Å². The number of carbonyl (C=O) groups is 5. The topological polar surface area (TPSA) is 184 Å². The second kappa shape index (κ2) is 10.9. The van der Waals surface area contributed by atoms with Gasteiger partial charge in [-0.2, -0.15) is 0 Å². The SMILES string of the molecule is C=C1/C=C\[C@H](OC(C)=O)[C@@]2(C)[C@@H](OC(C)=O)[C@@H](OC(C)=O)[C@@H](O)[C@]3(CO3)[C@@H]2[C@H](OC(C)=O)[C@]2(O)[C@@H](C)C(=O)O[C@H]2[C@H]1Cl. The fraction of sp³-hybridized carbons (Fsp3) is 0.679. The van der Waals surface area contributed by atoms with Gasteiger partial charge >= 0.3 is 29.8 Å². The third-order valence-corrected chi connectivity index (χ3v) is 9.31. The number of rotatable bonds is 4. The molecule has 0 amide bonds. The lowest BCUT2D eigenvalue weighted by molar-refractivity contribution is -0.278. The van der Waals surface area contributed by atoms with Gasteiger partial charge in [0.1, 0.15) is 23.9 Å². The van der Waals surface area contributed by atoms with E-state index in [9.17, 15) is 34.2 Å². The van der Waals surface area contributed by atoms with E-state index in [2.05, 4.69) is 6.58 Å². The number of hydrogen-bond donors (Lipinski definition) is 2. The van der Waals surface area contributed by atoms with Crippen molar-refractivity contribution in [2.24, 2.45) is 17.3 Å². The molecule has 4 aliphatic rings. The Morgan fingerprint density at radius 3 is 2.02 bits per heavy atom. The number of ether oxygens (including phenoxy) is 6. The van der Waals surface area contributed by atoms with Gasteiger partial charge in [-0.05, 0) is 18.6 Å². The molecule has 0 aromatic carbocycles. The third-order valence-electron chi connectivity index (χ3n) is 8.80. The first-order valence-corrected chi connectivity index (χ1v) is 13.8. The highest BCUT2D eigenvalue weighted by Gasteiger charge is 2.80. The minimum atomic E-state index is -2.37. The quantitative estimate of drug-likeness (QED) is 0.193. The van der Waals surface area contributed by atoms with Gasteiger partial charge < -0.3 is 38.6 Å². The Morgan fingerprint density at radius 1 is 1.00 bits per heavy atom. The van der Waals surface area contributed by atoms with E-state index in [1.54, 1.807) is 0 Å². The maximum atomic E-state index is 13.0. The molecule has 2 heterocycles. The number of allylic oxidation sites excluding steroid dienone is 1. The van der Waals surface area contributed by atoms with Crippen LogP contribution in [0.2, 0.25) is 0 Å². The number of aliphatic hydroxyl groups excluding tert-OH is 1. The average molecular weight is 615 g/mol. The third kappa shape index (κ3) is 4.89. The molecule has 0 aromatic rings. The van der Waals surface area contributed by atoms with E-state index in [0.29, 0.717) is 0 Å². The van der Waals surface area contributed by atoms with Crippen LogP contribution in [-0.2, 0) is 52.4 Å². The summed E-state index contributed by atoms with van der Waals surface area (Å²) < 4.78 is 34.2. The smallest absolute Gasteiger partial charge is 0.312 e. The van der Waals surface area contributed by atoms with Crippen LogP contribution < -0.4 is 0 Å². The van der Waals surface area contributed by atoms with E-state index in [0.717, 1.165) is 27.7 Å². The van der Waals surface area contributed by atoms with Crippen molar-refractivity contribution in [3.8, 4) is 0 Å². The van der Waals surface area contributed by atoms with Crippen molar-refractivity contribution in [1.29, 1.82) is 0 Å². The summed E-state index contributed by atoms with van der Waals surface area (Å²) in [5.74, 6) is -6.93. The van der Waals surface area contributed by atoms with Crippen LogP contribution in [0.4, 0.5) is 0 Å². The molecule has 0 aromatic heterocycles. The van der Waals surface area contributed by atoms with E-state index < -0.39 is 100 Å². The van der Waals surface area contributed by atoms with Crippen LogP contribution in [0.1, 0.15) is 41.5 Å². The molecule has 42 heavy (non-hydrogen) atoms. The first kappa shape index (κ1) is 31.9. The monoisotopic (exact) mass is 614 g/mol.